The van der Waals surface area contributed by atoms with Gasteiger partial charge in [0, 0.05) is 5.56 Å². The smallest absolute Gasteiger partial charge is 0.419 e. The highest BCUT2D eigenvalue weighted by molar-refractivity contribution is 5.81. The number of fused-ring (bicyclic) bond motifs is 1. The van der Waals surface area contributed by atoms with Gasteiger partial charge in [-0.05, 0) is 36.8 Å². The monoisotopic (exact) mass is 415 g/mol. The van der Waals surface area contributed by atoms with Crippen LogP contribution in [0, 0.1) is 6.92 Å². The van der Waals surface area contributed by atoms with E-state index in [1.807, 2.05) is 18.2 Å². The van der Waals surface area contributed by atoms with Crippen molar-refractivity contribution in [2.45, 2.75) is 26.2 Å². The van der Waals surface area contributed by atoms with Gasteiger partial charge in [0.15, 0.2) is 0 Å². The molecule has 7 nitrogen and oxygen atoms in total. The molecule has 0 saturated heterocycles. The summed E-state index contributed by atoms with van der Waals surface area (Å²) >= 11 is 0. The molecular weight excluding hydrogens is 399 g/mol. The molecule has 0 aliphatic rings. The van der Waals surface area contributed by atoms with E-state index in [2.05, 4.69) is 20.5 Å². The minimum Gasteiger partial charge on any atom is -0.419 e. The fourth-order valence-electron chi connectivity index (χ4n) is 3.01. The molecule has 0 spiro atoms. The van der Waals surface area contributed by atoms with Crippen LogP contribution in [0.3, 0.4) is 0 Å². The van der Waals surface area contributed by atoms with Crippen LogP contribution in [0.1, 0.15) is 17.3 Å². The van der Waals surface area contributed by atoms with Crippen LogP contribution in [-0.4, -0.2) is 25.7 Å². The Morgan fingerprint density at radius 3 is 2.63 bits per heavy atom. The SMILES string of the molecule is Cc1ccc2nc(C(F)(F)F)n(CC(=O)NCc3nnc(-c4ccccc4)o3)c2c1. The van der Waals surface area contributed by atoms with Crippen LogP contribution in [0.5, 0.6) is 0 Å². The molecule has 0 aliphatic heterocycles. The maximum atomic E-state index is 13.4. The van der Waals surface area contributed by atoms with Crippen molar-refractivity contribution in [3.05, 3.63) is 65.8 Å². The van der Waals surface area contributed by atoms with E-state index in [4.69, 9.17) is 4.42 Å². The molecule has 0 radical (unpaired) electrons. The van der Waals surface area contributed by atoms with Crippen molar-refractivity contribution in [1.29, 1.82) is 0 Å². The Balaban J connectivity index is 1.50. The lowest BCUT2D eigenvalue weighted by Crippen LogP contribution is -2.29. The standard InChI is InChI=1S/C20H16F3N5O2/c1-12-7-8-14-15(9-12)28(19(25-14)20(21,22)23)11-16(29)24-10-17-26-27-18(30-17)13-5-3-2-4-6-13/h2-9H,10-11H2,1H3,(H,24,29). The van der Waals surface area contributed by atoms with Gasteiger partial charge in [0.05, 0.1) is 17.6 Å². The van der Waals surface area contributed by atoms with E-state index in [0.29, 0.717) is 0 Å². The summed E-state index contributed by atoms with van der Waals surface area (Å²) in [6, 6.07) is 13.8. The van der Waals surface area contributed by atoms with Gasteiger partial charge < -0.3 is 14.3 Å². The first-order valence-corrected chi connectivity index (χ1v) is 9.00. The van der Waals surface area contributed by atoms with E-state index in [-0.39, 0.29) is 29.4 Å². The van der Waals surface area contributed by atoms with Crippen LogP contribution in [0.2, 0.25) is 0 Å². The Kier molecular flexibility index (Phi) is 4.98. The van der Waals surface area contributed by atoms with Crippen molar-refractivity contribution in [3.8, 4) is 11.5 Å². The zero-order chi connectivity index (χ0) is 21.3. The predicted octanol–water partition coefficient (Wildman–Crippen LogP) is 3.73. The van der Waals surface area contributed by atoms with Crippen LogP contribution >= 0.6 is 0 Å². The summed E-state index contributed by atoms with van der Waals surface area (Å²) in [5.74, 6) is -1.33. The molecule has 30 heavy (non-hydrogen) atoms. The molecule has 4 rings (SSSR count). The lowest BCUT2D eigenvalue weighted by molar-refractivity contribution is -0.147. The number of aromatic nitrogens is 4. The minimum atomic E-state index is -4.69. The number of nitrogens with one attached hydrogen (secondary N) is 1. The third kappa shape index (κ3) is 4.02. The Bertz CT molecular complexity index is 1200. The van der Waals surface area contributed by atoms with E-state index >= 15 is 0 Å². The lowest BCUT2D eigenvalue weighted by Gasteiger charge is -2.11. The second kappa shape index (κ2) is 7.62. The van der Waals surface area contributed by atoms with Gasteiger partial charge >= 0.3 is 6.18 Å². The highest BCUT2D eigenvalue weighted by Gasteiger charge is 2.38. The van der Waals surface area contributed by atoms with Gasteiger partial charge in [-0.3, -0.25) is 4.79 Å². The number of imidazole rings is 1. The number of amides is 1. The number of carbonyl (C=O) groups is 1. The molecule has 2 aromatic heterocycles. The summed E-state index contributed by atoms with van der Waals surface area (Å²) in [5, 5.41) is 10.3. The van der Waals surface area contributed by atoms with Crippen LogP contribution in [0.4, 0.5) is 13.2 Å². The molecule has 1 amide bonds. The van der Waals surface area contributed by atoms with Gasteiger partial charge in [-0.25, -0.2) is 4.98 Å². The second-order valence-electron chi connectivity index (χ2n) is 6.66. The van der Waals surface area contributed by atoms with E-state index < -0.39 is 24.5 Å². The first kappa shape index (κ1) is 19.6. The largest absolute Gasteiger partial charge is 0.449 e. The average Bonchev–Trinajstić information content (AvgIpc) is 3.32. The number of hydrogen-bond acceptors (Lipinski definition) is 5. The van der Waals surface area contributed by atoms with Crippen LogP contribution in [0.25, 0.3) is 22.5 Å². The van der Waals surface area contributed by atoms with E-state index in [9.17, 15) is 18.0 Å². The molecule has 4 aromatic rings. The maximum absolute atomic E-state index is 13.4. The molecule has 0 fully saturated rings. The second-order valence-corrected chi connectivity index (χ2v) is 6.66. The molecule has 0 unspecified atom stereocenters. The van der Waals surface area contributed by atoms with Crippen LogP contribution in [0.15, 0.2) is 52.9 Å². The first-order chi connectivity index (χ1) is 14.3. The first-order valence-electron chi connectivity index (χ1n) is 9.00. The Morgan fingerprint density at radius 2 is 1.90 bits per heavy atom. The summed E-state index contributed by atoms with van der Waals surface area (Å²) in [4.78, 5) is 16.0. The molecule has 2 aromatic carbocycles. The number of carbonyl (C=O) groups excluding carboxylic acids is 1. The van der Waals surface area contributed by atoms with Gasteiger partial charge in [0.2, 0.25) is 23.5 Å². The third-order valence-corrected chi connectivity index (χ3v) is 4.38. The molecule has 154 valence electrons. The Morgan fingerprint density at radius 1 is 1.13 bits per heavy atom. The van der Waals surface area contributed by atoms with Crippen molar-refractivity contribution in [3.63, 3.8) is 0 Å². The fraction of sp³-hybridized carbons (Fsp3) is 0.200. The van der Waals surface area contributed by atoms with Crippen molar-refractivity contribution >= 4 is 16.9 Å². The Labute approximate surface area is 168 Å². The predicted molar refractivity (Wildman–Crippen MR) is 101 cm³/mol. The van der Waals surface area contributed by atoms with Crippen molar-refractivity contribution in [2.75, 3.05) is 0 Å². The third-order valence-electron chi connectivity index (χ3n) is 4.38. The number of halogens is 3. The number of rotatable bonds is 5. The zero-order valence-electron chi connectivity index (χ0n) is 15.8. The van der Waals surface area contributed by atoms with E-state index in [0.717, 1.165) is 15.7 Å². The topological polar surface area (TPSA) is 85.8 Å². The summed E-state index contributed by atoms with van der Waals surface area (Å²) in [7, 11) is 0. The summed E-state index contributed by atoms with van der Waals surface area (Å²) in [5.41, 5.74) is 1.89. The number of hydrogen-bond donors (Lipinski definition) is 1. The van der Waals surface area contributed by atoms with E-state index in [1.165, 1.54) is 6.07 Å². The van der Waals surface area contributed by atoms with Gasteiger partial charge in [-0.15, -0.1) is 10.2 Å². The molecule has 0 atom stereocenters. The fourth-order valence-corrected chi connectivity index (χ4v) is 3.01. The average molecular weight is 415 g/mol. The molecular formula is C20H16F3N5O2. The molecule has 0 saturated carbocycles. The van der Waals surface area contributed by atoms with Crippen LogP contribution in [-0.2, 0) is 24.1 Å². The number of nitrogens with zero attached hydrogens (tertiary/aromatic N) is 4. The highest BCUT2D eigenvalue weighted by atomic mass is 19.4. The lowest BCUT2D eigenvalue weighted by atomic mass is 10.2. The van der Waals surface area contributed by atoms with E-state index in [1.54, 1.807) is 31.2 Å². The molecule has 0 bridgehead atoms. The number of aryl methyl sites for hydroxylation is 1. The molecule has 0 aliphatic carbocycles. The van der Waals surface area contributed by atoms with Crippen molar-refractivity contribution in [2.24, 2.45) is 0 Å². The van der Waals surface area contributed by atoms with Gasteiger partial charge in [-0.2, -0.15) is 13.2 Å². The molecule has 1 N–H and O–H groups in total. The Hall–Kier alpha value is -3.69. The van der Waals surface area contributed by atoms with Gasteiger partial charge in [0.25, 0.3) is 0 Å². The number of benzene rings is 2. The molecule has 2 heterocycles. The number of alkyl halides is 3. The van der Waals surface area contributed by atoms with Crippen molar-refractivity contribution < 1.29 is 22.4 Å². The normalized spacial score (nSPS) is 11.7. The zero-order valence-corrected chi connectivity index (χ0v) is 15.8. The minimum absolute atomic E-state index is 0.105. The quantitative estimate of drug-likeness (QED) is 0.537. The summed E-state index contributed by atoms with van der Waals surface area (Å²) < 4.78 is 46.6. The van der Waals surface area contributed by atoms with Gasteiger partial charge in [0.1, 0.15) is 6.54 Å². The summed E-state index contributed by atoms with van der Waals surface area (Å²) in [6.07, 6.45) is -4.69. The van der Waals surface area contributed by atoms with Gasteiger partial charge in [-0.1, -0.05) is 24.3 Å². The van der Waals surface area contributed by atoms with Crippen molar-refractivity contribution in [1.82, 2.24) is 25.1 Å². The maximum Gasteiger partial charge on any atom is 0.449 e. The highest BCUT2D eigenvalue weighted by Crippen LogP contribution is 2.31. The summed E-state index contributed by atoms with van der Waals surface area (Å²) in [6.45, 7) is 1.10. The van der Waals surface area contributed by atoms with Crippen LogP contribution < -0.4 is 5.32 Å². The molecule has 10 heteroatoms.